The fourth-order valence-corrected chi connectivity index (χ4v) is 3.77. The third-order valence-electron chi connectivity index (χ3n) is 5.05. The third kappa shape index (κ3) is 4.18. The molecule has 0 spiro atoms. The van der Waals surface area contributed by atoms with Gasteiger partial charge in [-0.15, -0.1) is 0 Å². The minimum Gasteiger partial charge on any atom is -0.325 e. The van der Waals surface area contributed by atoms with E-state index in [1.165, 1.54) is 0 Å². The van der Waals surface area contributed by atoms with E-state index in [1.807, 2.05) is 60.8 Å². The number of nitrogens with zero attached hydrogens (tertiary/aromatic N) is 3. The largest absolute Gasteiger partial charge is 0.325 e. The predicted molar refractivity (Wildman–Crippen MR) is 121 cm³/mol. The Morgan fingerprint density at radius 3 is 2.53 bits per heavy atom. The maximum atomic E-state index is 12.4. The number of carbonyl (C=O) groups is 1. The van der Waals surface area contributed by atoms with E-state index in [0.717, 1.165) is 33.9 Å². The molecule has 7 heteroatoms. The van der Waals surface area contributed by atoms with Crippen molar-refractivity contribution in [2.45, 2.75) is 26.7 Å². The van der Waals surface area contributed by atoms with Crippen LogP contribution in [-0.2, 0) is 11.2 Å². The molecule has 0 saturated heterocycles. The Bertz CT molecular complexity index is 1230. The van der Waals surface area contributed by atoms with Crippen LogP contribution < -0.4 is 5.32 Å². The molecule has 0 saturated carbocycles. The first-order valence-electron chi connectivity index (χ1n) is 9.58. The molecule has 0 aliphatic heterocycles. The maximum absolute atomic E-state index is 12.4. The Labute approximate surface area is 184 Å². The molecule has 0 aliphatic rings. The van der Waals surface area contributed by atoms with Crippen LogP contribution in [-0.4, -0.2) is 20.5 Å². The van der Waals surface area contributed by atoms with Crippen molar-refractivity contribution in [1.82, 2.24) is 14.6 Å². The summed E-state index contributed by atoms with van der Waals surface area (Å²) in [6.45, 7) is 3.96. The fraction of sp³-hybridized carbons (Fsp3) is 0.174. The van der Waals surface area contributed by atoms with Crippen molar-refractivity contribution in [1.29, 1.82) is 0 Å². The van der Waals surface area contributed by atoms with Crippen LogP contribution in [0.4, 0.5) is 5.69 Å². The van der Waals surface area contributed by atoms with Gasteiger partial charge in [-0.3, -0.25) is 4.79 Å². The summed E-state index contributed by atoms with van der Waals surface area (Å²) in [7, 11) is 0. The van der Waals surface area contributed by atoms with Crippen LogP contribution in [0.15, 0.2) is 54.6 Å². The second-order valence-electron chi connectivity index (χ2n) is 7.10. The highest BCUT2D eigenvalue weighted by Crippen LogP contribution is 2.24. The molecule has 2 aromatic carbocycles. The average Bonchev–Trinajstić information content (AvgIpc) is 3.14. The molecule has 4 rings (SSSR count). The van der Waals surface area contributed by atoms with Gasteiger partial charge in [-0.05, 0) is 50.1 Å². The molecule has 0 aliphatic carbocycles. The van der Waals surface area contributed by atoms with Gasteiger partial charge in [0.1, 0.15) is 0 Å². The quantitative estimate of drug-likeness (QED) is 0.422. The third-order valence-corrected chi connectivity index (χ3v) is 5.64. The Morgan fingerprint density at radius 1 is 1.07 bits per heavy atom. The van der Waals surface area contributed by atoms with Gasteiger partial charge in [0, 0.05) is 34.5 Å². The molecule has 0 fully saturated rings. The smallest absolute Gasteiger partial charge is 0.224 e. The number of anilines is 1. The number of rotatable bonds is 5. The summed E-state index contributed by atoms with van der Waals surface area (Å²) in [4.78, 5) is 17.1. The van der Waals surface area contributed by atoms with Crippen LogP contribution >= 0.6 is 23.2 Å². The number of fused-ring (bicyclic) bond motifs is 1. The number of carbonyl (C=O) groups excluding carboxylic acids is 1. The lowest BCUT2D eigenvalue weighted by Gasteiger charge is -2.11. The topological polar surface area (TPSA) is 59.3 Å². The van der Waals surface area contributed by atoms with Gasteiger partial charge in [0.05, 0.1) is 16.4 Å². The molecule has 5 nitrogen and oxygen atoms in total. The van der Waals surface area contributed by atoms with Crippen LogP contribution in [0.2, 0.25) is 10.0 Å². The van der Waals surface area contributed by atoms with Gasteiger partial charge in [0.15, 0.2) is 5.65 Å². The highest BCUT2D eigenvalue weighted by Gasteiger charge is 2.15. The number of benzene rings is 2. The normalized spacial score (nSPS) is 11.1. The number of amides is 1. The lowest BCUT2D eigenvalue weighted by molar-refractivity contribution is -0.116. The highest BCUT2D eigenvalue weighted by atomic mass is 35.5. The van der Waals surface area contributed by atoms with E-state index in [1.54, 1.807) is 12.1 Å². The second kappa shape index (κ2) is 8.46. The summed E-state index contributed by atoms with van der Waals surface area (Å²) in [5.74, 6) is -0.0932. The lowest BCUT2D eigenvalue weighted by Crippen LogP contribution is -2.14. The lowest BCUT2D eigenvalue weighted by atomic mass is 10.1. The number of nitrogens with one attached hydrogen (secondary N) is 1. The van der Waals surface area contributed by atoms with Crippen molar-refractivity contribution >= 4 is 40.4 Å². The minimum atomic E-state index is -0.0932. The van der Waals surface area contributed by atoms with Gasteiger partial charge in [-0.25, -0.2) is 9.50 Å². The number of hydrogen-bond donors (Lipinski definition) is 1. The Balaban J connectivity index is 1.56. The molecule has 1 amide bonds. The van der Waals surface area contributed by atoms with Crippen molar-refractivity contribution in [2.75, 3.05) is 5.32 Å². The van der Waals surface area contributed by atoms with Crippen molar-refractivity contribution in [3.8, 4) is 11.3 Å². The van der Waals surface area contributed by atoms with Crippen LogP contribution in [0.5, 0.6) is 0 Å². The first-order chi connectivity index (χ1) is 14.4. The van der Waals surface area contributed by atoms with Gasteiger partial charge < -0.3 is 5.32 Å². The maximum Gasteiger partial charge on any atom is 0.224 e. The Hall–Kier alpha value is -2.89. The minimum absolute atomic E-state index is 0.0932. The van der Waals surface area contributed by atoms with E-state index in [4.69, 9.17) is 33.3 Å². The van der Waals surface area contributed by atoms with E-state index in [9.17, 15) is 4.79 Å². The van der Waals surface area contributed by atoms with Crippen LogP contribution in [0.3, 0.4) is 0 Å². The molecule has 0 atom stereocenters. The van der Waals surface area contributed by atoms with Gasteiger partial charge in [0.25, 0.3) is 0 Å². The second-order valence-corrected chi connectivity index (χ2v) is 7.94. The van der Waals surface area contributed by atoms with Crippen molar-refractivity contribution in [3.05, 3.63) is 81.6 Å². The molecule has 1 N–H and O–H groups in total. The number of aryl methyl sites for hydroxylation is 2. The van der Waals surface area contributed by atoms with E-state index < -0.39 is 0 Å². The van der Waals surface area contributed by atoms with Crippen LogP contribution in [0.25, 0.3) is 16.9 Å². The first kappa shape index (κ1) is 20.4. The number of para-hydroxylation sites is 1. The van der Waals surface area contributed by atoms with E-state index in [2.05, 4.69) is 5.32 Å². The van der Waals surface area contributed by atoms with Gasteiger partial charge in [-0.2, -0.15) is 5.10 Å². The number of aromatic nitrogens is 3. The zero-order valence-electron chi connectivity index (χ0n) is 16.6. The van der Waals surface area contributed by atoms with Gasteiger partial charge in [0.2, 0.25) is 5.91 Å². The Morgan fingerprint density at radius 2 is 1.80 bits per heavy atom. The van der Waals surface area contributed by atoms with Crippen molar-refractivity contribution in [2.24, 2.45) is 0 Å². The van der Waals surface area contributed by atoms with Crippen LogP contribution in [0, 0.1) is 13.8 Å². The standard InChI is InChI=1S/C23H20Cl2N4O/c1-14-18(11-12-23(30)27-20-6-4-3-5-19(20)25)15(2)29-22(26-14)13-21(28-29)16-7-9-17(24)10-8-16/h3-10,13H,11-12H2,1-2H3,(H,27,30). The molecular weight excluding hydrogens is 419 g/mol. The summed E-state index contributed by atoms with van der Waals surface area (Å²) in [5.41, 5.74) is 6.09. The van der Waals surface area contributed by atoms with Gasteiger partial charge in [-0.1, -0.05) is 47.5 Å². The predicted octanol–water partition coefficient (Wildman–Crippen LogP) is 5.89. The summed E-state index contributed by atoms with van der Waals surface area (Å²) < 4.78 is 1.83. The molecule has 152 valence electrons. The summed E-state index contributed by atoms with van der Waals surface area (Å²) in [6.07, 6.45) is 0.887. The molecule has 2 heterocycles. The number of hydrogen-bond acceptors (Lipinski definition) is 3. The van der Waals surface area contributed by atoms with E-state index in [-0.39, 0.29) is 5.91 Å². The molecule has 4 aromatic rings. The average molecular weight is 439 g/mol. The zero-order chi connectivity index (χ0) is 21.3. The van der Waals surface area contributed by atoms with Crippen molar-refractivity contribution < 1.29 is 4.79 Å². The summed E-state index contributed by atoms with van der Waals surface area (Å²) >= 11 is 12.1. The number of halogens is 2. The van der Waals surface area contributed by atoms with Gasteiger partial charge >= 0.3 is 0 Å². The highest BCUT2D eigenvalue weighted by molar-refractivity contribution is 6.33. The zero-order valence-corrected chi connectivity index (χ0v) is 18.1. The monoisotopic (exact) mass is 438 g/mol. The molecular formula is C23H20Cl2N4O. The first-order valence-corrected chi connectivity index (χ1v) is 10.3. The van der Waals surface area contributed by atoms with Crippen LogP contribution in [0.1, 0.15) is 23.4 Å². The summed E-state index contributed by atoms with van der Waals surface area (Å²) in [5, 5.41) is 8.78. The molecule has 0 bridgehead atoms. The van der Waals surface area contributed by atoms with E-state index in [0.29, 0.717) is 28.6 Å². The fourth-order valence-electron chi connectivity index (χ4n) is 3.46. The SMILES string of the molecule is Cc1nc2cc(-c3ccc(Cl)cc3)nn2c(C)c1CCC(=O)Nc1ccccc1Cl. The Kier molecular flexibility index (Phi) is 5.75. The molecule has 30 heavy (non-hydrogen) atoms. The molecule has 0 radical (unpaired) electrons. The molecule has 0 unspecified atom stereocenters. The summed E-state index contributed by atoms with van der Waals surface area (Å²) in [6, 6.07) is 16.7. The molecule has 2 aromatic heterocycles. The van der Waals surface area contributed by atoms with E-state index >= 15 is 0 Å². The van der Waals surface area contributed by atoms with Crippen molar-refractivity contribution in [3.63, 3.8) is 0 Å².